The quantitative estimate of drug-likeness (QED) is 0.276. The highest BCUT2D eigenvalue weighted by molar-refractivity contribution is 5.96. The molecule has 210 valence electrons. The second kappa shape index (κ2) is 13.0. The first-order valence-corrected chi connectivity index (χ1v) is 14.0. The van der Waals surface area contributed by atoms with Gasteiger partial charge in [-0.15, -0.1) is 0 Å². The molecule has 0 bridgehead atoms. The summed E-state index contributed by atoms with van der Waals surface area (Å²) in [6, 6.07) is 30.3. The minimum Gasteiger partial charge on any atom is -0.487 e. The van der Waals surface area contributed by atoms with Gasteiger partial charge in [0.05, 0.1) is 12.6 Å². The van der Waals surface area contributed by atoms with Crippen LogP contribution in [0.2, 0.25) is 0 Å². The molecule has 0 saturated heterocycles. The lowest BCUT2D eigenvalue weighted by Gasteiger charge is -2.44. The molecule has 1 aromatic heterocycles. The van der Waals surface area contributed by atoms with E-state index in [0.717, 1.165) is 24.0 Å². The van der Waals surface area contributed by atoms with Crippen LogP contribution in [0.1, 0.15) is 57.8 Å². The summed E-state index contributed by atoms with van der Waals surface area (Å²) in [6.07, 6.45) is 3.31. The second-order valence-corrected chi connectivity index (χ2v) is 9.90. The summed E-state index contributed by atoms with van der Waals surface area (Å²) in [5.74, 6) is -0.480. The first kappa shape index (κ1) is 27.7. The summed E-state index contributed by atoms with van der Waals surface area (Å²) in [4.78, 5) is 41.3. The molecular weight excluding hydrogens is 516 g/mol. The standard InChI is InChI=1S/C33H34N4O4/c1-2-3-23-41-31-28(38)19-21-36-30(31)33(40)35(22-20-34-32(39)27-17-11-6-12-18-27)24-37(36)29(25-13-7-4-8-14-25)26-15-9-5-10-16-26/h4-19,21,29H,2-3,20,22-24H2,1H3,(H,34,39). The van der Waals surface area contributed by atoms with Crippen LogP contribution < -0.4 is 20.5 Å². The number of carbonyl (C=O) groups is 2. The molecular formula is C33H34N4O4. The Morgan fingerprint density at radius 1 is 0.878 bits per heavy atom. The number of rotatable bonds is 11. The van der Waals surface area contributed by atoms with Gasteiger partial charge in [0.2, 0.25) is 5.43 Å². The second-order valence-electron chi connectivity index (χ2n) is 9.90. The minimum absolute atomic E-state index is 0.0499. The number of hydrogen-bond acceptors (Lipinski definition) is 5. The van der Waals surface area contributed by atoms with E-state index in [0.29, 0.717) is 12.2 Å². The average molecular weight is 551 g/mol. The van der Waals surface area contributed by atoms with E-state index in [1.165, 1.54) is 6.07 Å². The number of ether oxygens (including phenoxy) is 1. The van der Waals surface area contributed by atoms with Gasteiger partial charge in [-0.25, -0.2) is 0 Å². The molecule has 1 aliphatic rings. The van der Waals surface area contributed by atoms with Gasteiger partial charge in [0.1, 0.15) is 6.67 Å². The molecule has 5 rings (SSSR count). The number of carbonyl (C=O) groups excluding carboxylic acids is 2. The Morgan fingerprint density at radius 2 is 1.49 bits per heavy atom. The maximum absolute atomic E-state index is 14.0. The number of nitrogens with one attached hydrogen (secondary N) is 1. The van der Waals surface area contributed by atoms with E-state index in [-0.39, 0.29) is 54.5 Å². The average Bonchev–Trinajstić information content (AvgIpc) is 3.01. The summed E-state index contributed by atoms with van der Waals surface area (Å²) in [7, 11) is 0. The zero-order valence-corrected chi connectivity index (χ0v) is 23.1. The van der Waals surface area contributed by atoms with E-state index in [9.17, 15) is 14.4 Å². The molecule has 8 heteroatoms. The lowest BCUT2D eigenvalue weighted by molar-refractivity contribution is 0.0672. The van der Waals surface area contributed by atoms with Crippen LogP contribution in [-0.2, 0) is 0 Å². The Balaban J connectivity index is 1.53. The van der Waals surface area contributed by atoms with Crippen molar-refractivity contribution in [1.82, 2.24) is 14.9 Å². The van der Waals surface area contributed by atoms with Crippen LogP contribution in [-0.4, -0.2) is 47.8 Å². The molecule has 3 aromatic carbocycles. The van der Waals surface area contributed by atoms with E-state index in [1.807, 2.05) is 61.5 Å². The fourth-order valence-corrected chi connectivity index (χ4v) is 5.02. The number of benzene rings is 3. The monoisotopic (exact) mass is 550 g/mol. The molecule has 0 saturated carbocycles. The van der Waals surface area contributed by atoms with Crippen molar-refractivity contribution < 1.29 is 14.3 Å². The minimum atomic E-state index is -0.337. The molecule has 0 aliphatic carbocycles. The van der Waals surface area contributed by atoms with Crippen molar-refractivity contribution in [2.75, 3.05) is 31.4 Å². The van der Waals surface area contributed by atoms with Crippen molar-refractivity contribution in [3.05, 3.63) is 136 Å². The van der Waals surface area contributed by atoms with E-state index in [1.54, 1.807) is 27.9 Å². The summed E-state index contributed by atoms with van der Waals surface area (Å²) < 4.78 is 7.72. The number of hydrogen-bond donors (Lipinski definition) is 1. The largest absolute Gasteiger partial charge is 0.487 e. The maximum atomic E-state index is 14.0. The van der Waals surface area contributed by atoms with Crippen molar-refractivity contribution in [3.63, 3.8) is 0 Å². The van der Waals surface area contributed by atoms with E-state index in [4.69, 9.17) is 4.74 Å². The highest BCUT2D eigenvalue weighted by atomic mass is 16.5. The number of unbranched alkanes of at least 4 members (excludes halogenated alkanes) is 1. The number of nitrogens with zero attached hydrogens (tertiary/aromatic N) is 3. The van der Waals surface area contributed by atoms with Gasteiger partial charge in [0.25, 0.3) is 11.8 Å². The molecule has 41 heavy (non-hydrogen) atoms. The van der Waals surface area contributed by atoms with Crippen molar-refractivity contribution in [1.29, 1.82) is 0 Å². The molecule has 1 N–H and O–H groups in total. The summed E-state index contributed by atoms with van der Waals surface area (Å²) in [5, 5.41) is 4.98. The highest BCUT2D eigenvalue weighted by Crippen LogP contribution is 2.32. The molecule has 0 unspecified atom stereocenters. The van der Waals surface area contributed by atoms with Crippen LogP contribution in [0.5, 0.6) is 5.75 Å². The molecule has 0 radical (unpaired) electrons. The Morgan fingerprint density at radius 3 is 2.10 bits per heavy atom. The van der Waals surface area contributed by atoms with Gasteiger partial charge in [-0.1, -0.05) is 92.2 Å². The van der Waals surface area contributed by atoms with E-state index >= 15 is 0 Å². The van der Waals surface area contributed by atoms with Gasteiger partial charge in [0, 0.05) is 30.9 Å². The van der Waals surface area contributed by atoms with Gasteiger partial charge in [-0.2, -0.15) is 0 Å². The molecule has 2 heterocycles. The molecule has 0 fully saturated rings. The maximum Gasteiger partial charge on any atom is 0.277 e. The predicted molar refractivity (Wildman–Crippen MR) is 159 cm³/mol. The van der Waals surface area contributed by atoms with Crippen LogP contribution >= 0.6 is 0 Å². The number of amides is 2. The predicted octanol–water partition coefficient (Wildman–Crippen LogP) is 4.60. The molecule has 4 aromatic rings. The fraction of sp³-hybridized carbons (Fsp3) is 0.242. The molecule has 0 spiro atoms. The van der Waals surface area contributed by atoms with E-state index < -0.39 is 0 Å². The van der Waals surface area contributed by atoms with Crippen LogP contribution in [0.4, 0.5) is 0 Å². The third-order valence-corrected chi connectivity index (χ3v) is 7.09. The van der Waals surface area contributed by atoms with Crippen molar-refractivity contribution in [2.24, 2.45) is 0 Å². The first-order valence-electron chi connectivity index (χ1n) is 14.0. The van der Waals surface area contributed by atoms with Crippen LogP contribution in [0, 0.1) is 0 Å². The Hall–Kier alpha value is -4.85. The molecule has 1 aliphatic heterocycles. The van der Waals surface area contributed by atoms with Gasteiger partial charge >= 0.3 is 0 Å². The van der Waals surface area contributed by atoms with Crippen molar-refractivity contribution in [2.45, 2.75) is 25.8 Å². The first-order chi connectivity index (χ1) is 20.1. The topological polar surface area (TPSA) is 83.9 Å². The van der Waals surface area contributed by atoms with Crippen LogP contribution in [0.3, 0.4) is 0 Å². The van der Waals surface area contributed by atoms with Gasteiger partial charge < -0.3 is 15.0 Å². The molecule has 0 atom stereocenters. The Bertz CT molecular complexity index is 1480. The lowest BCUT2D eigenvalue weighted by atomic mass is 9.98. The summed E-state index contributed by atoms with van der Waals surface area (Å²) in [5.41, 5.74) is 2.46. The lowest BCUT2D eigenvalue weighted by Crippen LogP contribution is -2.56. The molecule has 2 amide bonds. The van der Waals surface area contributed by atoms with Crippen molar-refractivity contribution >= 4 is 11.8 Å². The number of fused-ring (bicyclic) bond motifs is 1. The zero-order valence-electron chi connectivity index (χ0n) is 23.1. The highest BCUT2D eigenvalue weighted by Gasteiger charge is 2.36. The van der Waals surface area contributed by atoms with Gasteiger partial charge in [0.15, 0.2) is 11.4 Å². The summed E-state index contributed by atoms with van der Waals surface area (Å²) in [6.45, 7) is 3.11. The van der Waals surface area contributed by atoms with Gasteiger partial charge in [-0.3, -0.25) is 24.1 Å². The number of aromatic nitrogens is 1. The smallest absolute Gasteiger partial charge is 0.277 e. The van der Waals surface area contributed by atoms with Gasteiger partial charge in [-0.05, 0) is 29.7 Å². The fourth-order valence-electron chi connectivity index (χ4n) is 5.02. The SMILES string of the molecule is CCCCOc1c2n(ccc1=O)N(C(c1ccccc1)c1ccccc1)CN(CCNC(=O)c1ccccc1)C2=O. The van der Waals surface area contributed by atoms with Crippen molar-refractivity contribution in [3.8, 4) is 5.75 Å². The normalized spacial score (nSPS) is 12.8. The Kier molecular flexibility index (Phi) is 8.79. The van der Waals surface area contributed by atoms with Crippen LogP contribution in [0.15, 0.2) is 108 Å². The Labute approximate surface area is 239 Å². The van der Waals surface area contributed by atoms with Crippen LogP contribution in [0.25, 0.3) is 0 Å². The molecule has 8 nitrogen and oxygen atoms in total. The summed E-state index contributed by atoms with van der Waals surface area (Å²) >= 11 is 0. The van der Waals surface area contributed by atoms with E-state index in [2.05, 4.69) is 34.6 Å². The third kappa shape index (κ3) is 6.17. The third-order valence-electron chi connectivity index (χ3n) is 7.09. The number of pyridine rings is 1. The zero-order chi connectivity index (χ0) is 28.6.